The molecule has 1 fully saturated rings. The molecule has 22 heavy (non-hydrogen) atoms. The Hall–Kier alpha value is -1.52. The number of amides is 2. The third-order valence-electron chi connectivity index (χ3n) is 4.88. The summed E-state index contributed by atoms with van der Waals surface area (Å²) in [6, 6.07) is -0.547. The van der Waals surface area contributed by atoms with Gasteiger partial charge in [0.05, 0.1) is 6.61 Å². The highest BCUT2D eigenvalue weighted by Crippen LogP contribution is 2.52. The van der Waals surface area contributed by atoms with Crippen LogP contribution in [0.15, 0.2) is 12.2 Å². The monoisotopic (exact) mass is 308 g/mol. The van der Waals surface area contributed by atoms with E-state index in [9.17, 15) is 9.59 Å². The fourth-order valence-electron chi connectivity index (χ4n) is 3.47. The molecule has 2 rings (SSSR count). The number of nitrogens with one attached hydrogen (secondary N) is 2. The van der Waals surface area contributed by atoms with Gasteiger partial charge in [-0.15, -0.1) is 0 Å². The number of likely N-dealkylation sites (N-methyl/N-ethyl adjacent to an activating group) is 1. The Balaban J connectivity index is 1.75. The highest BCUT2D eigenvalue weighted by atomic mass is 16.5. The summed E-state index contributed by atoms with van der Waals surface area (Å²) in [4.78, 5) is 23.7. The predicted molar refractivity (Wildman–Crippen MR) is 85.3 cm³/mol. The summed E-state index contributed by atoms with van der Waals surface area (Å²) in [7, 11) is 1.57. The SMILES string of the molecule is CNC(=O)[C@@H](NC(=O)OCC1[C@H]2CC/C=C\CC[C@@H]12)C(C)C. The molecule has 2 aliphatic carbocycles. The lowest BCUT2D eigenvalue weighted by Gasteiger charge is -2.20. The van der Waals surface area contributed by atoms with Crippen molar-refractivity contribution in [3.8, 4) is 0 Å². The molecule has 2 amide bonds. The van der Waals surface area contributed by atoms with Crippen LogP contribution in [-0.2, 0) is 9.53 Å². The van der Waals surface area contributed by atoms with E-state index in [-0.39, 0.29) is 11.8 Å². The Morgan fingerprint density at radius 2 is 1.77 bits per heavy atom. The van der Waals surface area contributed by atoms with Gasteiger partial charge in [0.2, 0.25) is 5.91 Å². The van der Waals surface area contributed by atoms with Gasteiger partial charge in [-0.2, -0.15) is 0 Å². The highest BCUT2D eigenvalue weighted by Gasteiger charge is 2.49. The number of ether oxygens (including phenoxy) is 1. The van der Waals surface area contributed by atoms with Crippen molar-refractivity contribution in [3.63, 3.8) is 0 Å². The van der Waals surface area contributed by atoms with Crippen LogP contribution >= 0.6 is 0 Å². The minimum atomic E-state index is -0.547. The number of carbonyl (C=O) groups is 2. The lowest BCUT2D eigenvalue weighted by Crippen LogP contribution is -2.49. The van der Waals surface area contributed by atoms with Gasteiger partial charge in [-0.05, 0) is 49.4 Å². The second-order valence-corrected chi connectivity index (χ2v) is 6.70. The van der Waals surface area contributed by atoms with Crippen LogP contribution in [0.3, 0.4) is 0 Å². The van der Waals surface area contributed by atoms with Crippen LogP contribution in [0.1, 0.15) is 39.5 Å². The highest BCUT2D eigenvalue weighted by molar-refractivity contribution is 5.85. The third-order valence-corrected chi connectivity index (χ3v) is 4.88. The fourth-order valence-corrected chi connectivity index (χ4v) is 3.47. The van der Waals surface area contributed by atoms with E-state index >= 15 is 0 Å². The van der Waals surface area contributed by atoms with Crippen molar-refractivity contribution < 1.29 is 14.3 Å². The summed E-state index contributed by atoms with van der Waals surface area (Å²) in [6.07, 6.45) is 8.70. The molecule has 0 aromatic rings. The number of allylic oxidation sites excluding steroid dienone is 2. The summed E-state index contributed by atoms with van der Waals surface area (Å²) in [5.74, 6) is 1.75. The summed E-state index contributed by atoms with van der Waals surface area (Å²) >= 11 is 0. The molecule has 0 bridgehead atoms. The maximum Gasteiger partial charge on any atom is 0.407 e. The first-order valence-corrected chi connectivity index (χ1v) is 8.34. The first-order chi connectivity index (χ1) is 10.5. The van der Waals surface area contributed by atoms with Crippen LogP contribution in [0.4, 0.5) is 4.79 Å². The van der Waals surface area contributed by atoms with E-state index in [0.717, 1.165) is 12.8 Å². The van der Waals surface area contributed by atoms with Crippen molar-refractivity contribution in [3.05, 3.63) is 12.2 Å². The Kier molecular flexibility index (Phi) is 5.86. The standard InChI is InChI=1S/C17H28N2O3/c1-11(2)15(16(20)18-3)19-17(21)22-10-14-12-8-6-4-5-7-9-13(12)14/h4-5,11-15H,6-10H2,1-3H3,(H,18,20)(H,19,21)/b5-4-/t12-,13+,14?,15-/m0/s1. The minimum absolute atomic E-state index is 0.0223. The average Bonchev–Trinajstić information content (AvgIpc) is 3.11. The molecular weight excluding hydrogens is 280 g/mol. The first-order valence-electron chi connectivity index (χ1n) is 8.34. The first kappa shape index (κ1) is 16.8. The van der Waals surface area contributed by atoms with E-state index in [1.165, 1.54) is 12.8 Å². The van der Waals surface area contributed by atoms with Gasteiger partial charge in [0, 0.05) is 7.05 Å². The van der Waals surface area contributed by atoms with Crippen LogP contribution < -0.4 is 10.6 Å². The third kappa shape index (κ3) is 4.24. The Labute approximate surface area is 132 Å². The number of hydrogen-bond donors (Lipinski definition) is 2. The molecule has 1 unspecified atom stereocenters. The largest absolute Gasteiger partial charge is 0.449 e. The van der Waals surface area contributed by atoms with Crippen molar-refractivity contribution in [2.75, 3.05) is 13.7 Å². The topological polar surface area (TPSA) is 67.4 Å². The normalized spacial score (nSPS) is 29.5. The van der Waals surface area contributed by atoms with Gasteiger partial charge in [0.1, 0.15) is 6.04 Å². The molecule has 0 aromatic heterocycles. The molecule has 2 aliphatic rings. The summed E-state index contributed by atoms with van der Waals surface area (Å²) in [5, 5.41) is 5.24. The average molecular weight is 308 g/mol. The molecule has 0 heterocycles. The molecule has 0 aliphatic heterocycles. The van der Waals surface area contributed by atoms with E-state index in [2.05, 4.69) is 22.8 Å². The van der Waals surface area contributed by atoms with E-state index < -0.39 is 12.1 Å². The van der Waals surface area contributed by atoms with Crippen LogP contribution in [0, 0.1) is 23.7 Å². The molecule has 5 nitrogen and oxygen atoms in total. The predicted octanol–water partition coefficient (Wildman–Crippen LogP) is 2.48. The van der Waals surface area contributed by atoms with Crippen molar-refractivity contribution in [1.82, 2.24) is 10.6 Å². The number of carbonyl (C=O) groups excluding carboxylic acids is 2. The van der Waals surface area contributed by atoms with Crippen molar-refractivity contribution in [1.29, 1.82) is 0 Å². The minimum Gasteiger partial charge on any atom is -0.449 e. The molecule has 1 saturated carbocycles. The molecule has 0 spiro atoms. The maximum absolute atomic E-state index is 11.9. The van der Waals surface area contributed by atoms with Crippen LogP contribution in [0.2, 0.25) is 0 Å². The van der Waals surface area contributed by atoms with Gasteiger partial charge in [-0.3, -0.25) is 4.79 Å². The van der Waals surface area contributed by atoms with Gasteiger partial charge in [-0.1, -0.05) is 26.0 Å². The Morgan fingerprint density at radius 1 is 1.18 bits per heavy atom. The lowest BCUT2D eigenvalue weighted by atomic mass is 10.0. The van der Waals surface area contributed by atoms with Crippen molar-refractivity contribution >= 4 is 12.0 Å². The van der Waals surface area contributed by atoms with Gasteiger partial charge < -0.3 is 15.4 Å². The number of hydrogen-bond acceptors (Lipinski definition) is 3. The van der Waals surface area contributed by atoms with Gasteiger partial charge >= 0.3 is 6.09 Å². The summed E-state index contributed by atoms with van der Waals surface area (Å²) < 4.78 is 5.36. The number of rotatable bonds is 5. The fraction of sp³-hybridized carbons (Fsp3) is 0.765. The zero-order valence-electron chi connectivity index (χ0n) is 13.8. The molecule has 0 radical (unpaired) electrons. The Bertz CT molecular complexity index is 418. The molecule has 124 valence electrons. The van der Waals surface area contributed by atoms with Crippen LogP contribution in [0.25, 0.3) is 0 Å². The zero-order valence-corrected chi connectivity index (χ0v) is 13.8. The molecular formula is C17H28N2O3. The maximum atomic E-state index is 11.9. The van der Waals surface area contributed by atoms with E-state index in [4.69, 9.17) is 4.74 Å². The molecule has 0 saturated heterocycles. The van der Waals surface area contributed by atoms with Crippen molar-refractivity contribution in [2.24, 2.45) is 23.7 Å². The van der Waals surface area contributed by atoms with Gasteiger partial charge in [0.15, 0.2) is 0 Å². The zero-order chi connectivity index (χ0) is 16.1. The Morgan fingerprint density at radius 3 is 2.27 bits per heavy atom. The summed E-state index contributed by atoms with van der Waals surface area (Å²) in [6.45, 7) is 4.27. The molecule has 0 aromatic carbocycles. The number of fused-ring (bicyclic) bond motifs is 1. The molecule has 2 N–H and O–H groups in total. The second-order valence-electron chi connectivity index (χ2n) is 6.70. The van der Waals surface area contributed by atoms with Crippen LogP contribution in [0.5, 0.6) is 0 Å². The van der Waals surface area contributed by atoms with E-state index in [1.54, 1.807) is 7.05 Å². The number of alkyl carbamates (subject to hydrolysis) is 1. The van der Waals surface area contributed by atoms with Gasteiger partial charge in [-0.25, -0.2) is 4.79 Å². The smallest absolute Gasteiger partial charge is 0.407 e. The van der Waals surface area contributed by atoms with E-state index in [1.807, 2.05) is 13.8 Å². The quantitative estimate of drug-likeness (QED) is 0.767. The summed E-state index contributed by atoms with van der Waals surface area (Å²) in [5.41, 5.74) is 0. The van der Waals surface area contributed by atoms with Crippen LogP contribution in [-0.4, -0.2) is 31.7 Å². The molecule has 4 atom stereocenters. The second kappa shape index (κ2) is 7.65. The van der Waals surface area contributed by atoms with Gasteiger partial charge in [0.25, 0.3) is 0 Å². The van der Waals surface area contributed by atoms with Crippen molar-refractivity contribution in [2.45, 2.75) is 45.6 Å². The van der Waals surface area contributed by atoms with E-state index in [0.29, 0.717) is 24.4 Å². The molecule has 5 heteroatoms. The lowest BCUT2D eigenvalue weighted by molar-refractivity contribution is -0.123.